The number of hydrogen-bond acceptors (Lipinski definition) is 6. The second kappa shape index (κ2) is 15.6. The maximum atomic E-state index is 12.9. The lowest BCUT2D eigenvalue weighted by atomic mass is 9.77. The number of aryl methyl sites for hydroxylation is 1. The van der Waals surface area contributed by atoms with Gasteiger partial charge in [0, 0.05) is 18.5 Å². The van der Waals surface area contributed by atoms with E-state index in [2.05, 4.69) is 126 Å². The Labute approximate surface area is 308 Å². The number of nitrogens with zero attached hydrogens (tertiary/aromatic N) is 6. The van der Waals surface area contributed by atoms with Crippen molar-refractivity contribution in [3.8, 4) is 22.5 Å². The molecule has 0 aliphatic heterocycles. The summed E-state index contributed by atoms with van der Waals surface area (Å²) in [7, 11) is 0. The molecule has 0 spiro atoms. The van der Waals surface area contributed by atoms with Crippen molar-refractivity contribution >= 4 is 17.6 Å². The zero-order valence-electron chi connectivity index (χ0n) is 29.2. The topological polar surface area (TPSA) is 87.7 Å². The van der Waals surface area contributed by atoms with Crippen LogP contribution in [0.5, 0.6) is 0 Å². The summed E-state index contributed by atoms with van der Waals surface area (Å²) in [6, 6.07) is 47.7. The molecule has 0 saturated carbocycles. The van der Waals surface area contributed by atoms with E-state index in [-0.39, 0.29) is 17.5 Å². The molecule has 0 fully saturated rings. The Morgan fingerprint density at radius 2 is 1.29 bits per heavy atom. The van der Waals surface area contributed by atoms with Crippen LogP contribution >= 0.6 is 11.6 Å². The number of tetrazole rings is 1. The quantitative estimate of drug-likeness (QED) is 0.0878. The number of unbranched alkanes of at least 4 members (excludes halogenated alkanes) is 1. The summed E-state index contributed by atoms with van der Waals surface area (Å²) in [6.07, 6.45) is 2.65. The van der Waals surface area contributed by atoms with E-state index >= 15 is 0 Å². The number of aromatic nitrogens is 6. The molecule has 8 nitrogen and oxygen atoms in total. The summed E-state index contributed by atoms with van der Waals surface area (Å²) >= 11 is 6.51. The summed E-state index contributed by atoms with van der Waals surface area (Å²) in [6.45, 7) is 4.60. The molecule has 0 saturated heterocycles. The van der Waals surface area contributed by atoms with Crippen LogP contribution in [0.3, 0.4) is 0 Å². The van der Waals surface area contributed by atoms with Crippen LogP contribution in [0.15, 0.2) is 140 Å². The van der Waals surface area contributed by atoms with Crippen LogP contribution < -0.4 is 0 Å². The molecule has 52 heavy (non-hydrogen) atoms. The standard InChI is InChI=1S/C43H39ClN6O2/c1-3-5-25-38-45-40(44)39(42(51)52-4-2)49(38)30-31-26-28-32(29-27-31)36-23-15-16-24-37(36)41-46-47-48-50(41)43(33-17-9-6-10-18-33,34-19-11-7-12-20-34)35-21-13-8-14-22-35/h6-24,26-29H,3-5,25,30H2,1-2H3. The number of rotatable bonds is 13. The Hall–Kier alpha value is -5.86. The van der Waals surface area contributed by atoms with Crippen LogP contribution in [-0.4, -0.2) is 42.3 Å². The lowest BCUT2D eigenvalue weighted by molar-refractivity contribution is 0.0514. The Morgan fingerprint density at radius 1 is 0.731 bits per heavy atom. The van der Waals surface area contributed by atoms with Crippen molar-refractivity contribution in [1.29, 1.82) is 0 Å². The fourth-order valence-electron chi connectivity index (χ4n) is 6.94. The van der Waals surface area contributed by atoms with E-state index < -0.39 is 11.5 Å². The molecule has 0 atom stereocenters. The van der Waals surface area contributed by atoms with E-state index in [0.717, 1.165) is 57.6 Å². The van der Waals surface area contributed by atoms with Crippen LogP contribution in [0.1, 0.15) is 65.3 Å². The largest absolute Gasteiger partial charge is 0.461 e. The molecule has 0 radical (unpaired) electrons. The third kappa shape index (κ3) is 6.53. The maximum absolute atomic E-state index is 12.9. The molecule has 0 bridgehead atoms. The summed E-state index contributed by atoms with van der Waals surface area (Å²) in [5.74, 6) is 0.933. The summed E-state index contributed by atoms with van der Waals surface area (Å²) in [4.78, 5) is 17.5. The van der Waals surface area contributed by atoms with Gasteiger partial charge < -0.3 is 9.30 Å². The van der Waals surface area contributed by atoms with E-state index in [1.807, 2.05) is 39.6 Å². The van der Waals surface area contributed by atoms with E-state index in [9.17, 15) is 4.79 Å². The molecule has 0 N–H and O–H groups in total. The Balaban J connectivity index is 1.32. The van der Waals surface area contributed by atoms with Gasteiger partial charge in [-0.05, 0) is 57.2 Å². The predicted molar refractivity (Wildman–Crippen MR) is 204 cm³/mol. The fourth-order valence-corrected chi connectivity index (χ4v) is 7.22. The maximum Gasteiger partial charge on any atom is 0.358 e. The van der Waals surface area contributed by atoms with Gasteiger partial charge in [-0.3, -0.25) is 0 Å². The highest BCUT2D eigenvalue weighted by atomic mass is 35.5. The minimum atomic E-state index is -0.877. The second-order valence-corrected chi connectivity index (χ2v) is 12.9. The summed E-state index contributed by atoms with van der Waals surface area (Å²) < 4.78 is 9.19. The normalized spacial score (nSPS) is 11.4. The van der Waals surface area contributed by atoms with Gasteiger partial charge in [0.2, 0.25) is 0 Å². The average Bonchev–Trinajstić information content (AvgIpc) is 3.80. The minimum Gasteiger partial charge on any atom is -0.461 e. The Bertz CT molecular complexity index is 2150. The first-order chi connectivity index (χ1) is 25.6. The highest BCUT2D eigenvalue weighted by Gasteiger charge is 2.42. The Morgan fingerprint density at radius 3 is 1.85 bits per heavy atom. The van der Waals surface area contributed by atoms with Gasteiger partial charge >= 0.3 is 5.97 Å². The number of ether oxygens (including phenoxy) is 1. The molecule has 5 aromatic carbocycles. The van der Waals surface area contributed by atoms with Gasteiger partial charge in [0.25, 0.3) is 0 Å². The van der Waals surface area contributed by atoms with Gasteiger partial charge in [-0.2, -0.15) is 0 Å². The molecule has 9 heteroatoms. The monoisotopic (exact) mass is 706 g/mol. The smallest absolute Gasteiger partial charge is 0.358 e. The van der Waals surface area contributed by atoms with Gasteiger partial charge in [0.1, 0.15) is 11.4 Å². The molecule has 2 heterocycles. The number of halogens is 1. The van der Waals surface area contributed by atoms with Gasteiger partial charge in [-0.25, -0.2) is 14.5 Å². The SMILES string of the molecule is CCCCc1nc(Cl)c(C(=O)OCC)n1Cc1ccc(-c2ccccc2-c2nnnn2C(c2ccccc2)(c2ccccc2)c2ccccc2)cc1. The fraction of sp³-hybridized carbons (Fsp3) is 0.186. The van der Waals surface area contributed by atoms with Crippen molar-refractivity contribution in [1.82, 2.24) is 29.8 Å². The van der Waals surface area contributed by atoms with Crippen LogP contribution in [0.4, 0.5) is 0 Å². The first kappa shape index (κ1) is 34.6. The first-order valence-corrected chi connectivity index (χ1v) is 18.0. The molecule has 0 amide bonds. The zero-order valence-corrected chi connectivity index (χ0v) is 29.9. The minimum absolute atomic E-state index is 0.172. The van der Waals surface area contributed by atoms with Gasteiger partial charge in [-0.1, -0.05) is 164 Å². The third-order valence-electron chi connectivity index (χ3n) is 9.36. The van der Waals surface area contributed by atoms with Crippen molar-refractivity contribution in [2.75, 3.05) is 6.61 Å². The van der Waals surface area contributed by atoms with Crippen LogP contribution in [0, 0.1) is 0 Å². The zero-order chi connectivity index (χ0) is 35.9. The molecular formula is C43H39ClN6O2. The second-order valence-electron chi connectivity index (χ2n) is 12.5. The number of carbonyl (C=O) groups is 1. The van der Waals surface area contributed by atoms with Crippen molar-refractivity contribution in [3.63, 3.8) is 0 Å². The van der Waals surface area contributed by atoms with E-state index in [1.165, 1.54) is 0 Å². The Kier molecular flexibility index (Phi) is 10.4. The lowest BCUT2D eigenvalue weighted by Gasteiger charge is -2.36. The number of benzene rings is 5. The molecule has 0 unspecified atom stereocenters. The molecule has 2 aromatic heterocycles. The molecular weight excluding hydrogens is 668 g/mol. The van der Waals surface area contributed by atoms with Crippen molar-refractivity contribution < 1.29 is 9.53 Å². The molecule has 260 valence electrons. The third-order valence-corrected chi connectivity index (χ3v) is 9.63. The summed E-state index contributed by atoms with van der Waals surface area (Å²) in [5.41, 5.74) is 6.37. The van der Waals surface area contributed by atoms with Gasteiger partial charge in [-0.15, -0.1) is 5.10 Å². The summed E-state index contributed by atoms with van der Waals surface area (Å²) in [5, 5.41) is 13.9. The van der Waals surface area contributed by atoms with Crippen molar-refractivity contribution in [2.24, 2.45) is 0 Å². The number of carbonyl (C=O) groups excluding carboxylic acids is 1. The number of hydrogen-bond donors (Lipinski definition) is 0. The van der Waals surface area contributed by atoms with Crippen LogP contribution in [0.2, 0.25) is 5.15 Å². The molecule has 0 aliphatic carbocycles. The van der Waals surface area contributed by atoms with Crippen LogP contribution in [-0.2, 0) is 23.2 Å². The van der Waals surface area contributed by atoms with E-state index in [1.54, 1.807) is 6.92 Å². The first-order valence-electron chi connectivity index (χ1n) is 17.6. The number of esters is 1. The van der Waals surface area contributed by atoms with E-state index in [0.29, 0.717) is 18.8 Å². The molecule has 0 aliphatic rings. The predicted octanol–water partition coefficient (Wildman–Crippen LogP) is 9.26. The van der Waals surface area contributed by atoms with E-state index in [4.69, 9.17) is 26.6 Å². The lowest BCUT2D eigenvalue weighted by Crippen LogP contribution is -2.39. The molecule has 7 aromatic rings. The number of imidazole rings is 1. The van der Waals surface area contributed by atoms with Crippen LogP contribution in [0.25, 0.3) is 22.5 Å². The highest BCUT2D eigenvalue weighted by molar-refractivity contribution is 6.32. The van der Waals surface area contributed by atoms with Gasteiger partial charge in [0.05, 0.1) is 6.61 Å². The average molecular weight is 707 g/mol. The van der Waals surface area contributed by atoms with Crippen molar-refractivity contribution in [3.05, 3.63) is 178 Å². The highest BCUT2D eigenvalue weighted by Crippen LogP contribution is 2.43. The van der Waals surface area contributed by atoms with Gasteiger partial charge in [0.15, 0.2) is 16.7 Å². The van der Waals surface area contributed by atoms with Crippen molar-refractivity contribution in [2.45, 2.75) is 45.2 Å². The molecule has 7 rings (SSSR count).